The summed E-state index contributed by atoms with van der Waals surface area (Å²) in [7, 11) is 0. The monoisotopic (exact) mass is 444 g/mol. The Bertz CT molecular complexity index is 1760. The molecule has 0 aliphatic carbocycles. The SMILES string of the molecule is c1ccc(-n2cc3c(-c4cc5c(ccc6ccccc65)o4)nnc(-c4cccs4)c3n2)cc1. The van der Waals surface area contributed by atoms with E-state index in [0.717, 1.165) is 43.5 Å². The fourth-order valence-electron chi connectivity index (χ4n) is 4.31. The number of thiophene rings is 1. The zero-order valence-corrected chi connectivity index (χ0v) is 18.2. The molecule has 3 aromatic carbocycles. The van der Waals surface area contributed by atoms with Crippen molar-refractivity contribution >= 4 is 44.0 Å². The van der Waals surface area contributed by atoms with Crippen LogP contribution in [0.5, 0.6) is 0 Å². The van der Waals surface area contributed by atoms with Gasteiger partial charge in [0.2, 0.25) is 0 Å². The van der Waals surface area contributed by atoms with Gasteiger partial charge in [0.1, 0.15) is 22.5 Å². The van der Waals surface area contributed by atoms with Gasteiger partial charge in [0.05, 0.1) is 16.0 Å². The first-order chi connectivity index (χ1) is 16.3. The molecule has 4 heterocycles. The summed E-state index contributed by atoms with van der Waals surface area (Å²) in [5.41, 5.74) is 4.08. The van der Waals surface area contributed by atoms with Crippen LogP contribution in [-0.2, 0) is 0 Å². The molecule has 4 aromatic heterocycles. The molecule has 0 N–H and O–H groups in total. The van der Waals surface area contributed by atoms with Gasteiger partial charge in [-0.15, -0.1) is 21.5 Å². The third-order valence-electron chi connectivity index (χ3n) is 5.88. The van der Waals surface area contributed by atoms with E-state index in [1.807, 2.05) is 76.9 Å². The first-order valence-electron chi connectivity index (χ1n) is 10.6. The van der Waals surface area contributed by atoms with Crippen LogP contribution in [0.25, 0.3) is 60.4 Å². The summed E-state index contributed by atoms with van der Waals surface area (Å²) in [6.07, 6.45) is 2.01. The van der Waals surface area contributed by atoms with E-state index in [1.54, 1.807) is 11.3 Å². The number of furan rings is 1. The summed E-state index contributed by atoms with van der Waals surface area (Å²) in [6, 6.07) is 28.6. The van der Waals surface area contributed by atoms with Gasteiger partial charge in [-0.05, 0) is 46.5 Å². The van der Waals surface area contributed by atoms with E-state index >= 15 is 0 Å². The minimum absolute atomic E-state index is 0.684. The molecular formula is C27H16N4OS. The summed E-state index contributed by atoms with van der Waals surface area (Å²) in [5.74, 6) is 0.684. The van der Waals surface area contributed by atoms with Crippen LogP contribution in [0.3, 0.4) is 0 Å². The van der Waals surface area contributed by atoms with Gasteiger partial charge in [-0.2, -0.15) is 5.10 Å². The lowest BCUT2D eigenvalue weighted by molar-refractivity contribution is 0.628. The molecule has 7 rings (SSSR count). The van der Waals surface area contributed by atoms with E-state index in [0.29, 0.717) is 11.5 Å². The highest BCUT2D eigenvalue weighted by Gasteiger charge is 2.20. The van der Waals surface area contributed by atoms with Crippen molar-refractivity contribution in [1.29, 1.82) is 0 Å². The van der Waals surface area contributed by atoms with Crippen molar-refractivity contribution in [2.24, 2.45) is 0 Å². The Hall–Kier alpha value is -4.29. The molecule has 7 aromatic rings. The Balaban J connectivity index is 1.50. The zero-order chi connectivity index (χ0) is 21.8. The maximum Gasteiger partial charge on any atom is 0.156 e. The summed E-state index contributed by atoms with van der Waals surface area (Å²) in [5, 5.41) is 20.5. The van der Waals surface area contributed by atoms with Crippen molar-refractivity contribution in [3.63, 3.8) is 0 Å². The Morgan fingerprint density at radius 2 is 1.58 bits per heavy atom. The molecule has 0 radical (unpaired) electrons. The summed E-state index contributed by atoms with van der Waals surface area (Å²) in [6.45, 7) is 0. The van der Waals surface area contributed by atoms with Crippen LogP contribution in [0.2, 0.25) is 0 Å². The van der Waals surface area contributed by atoms with Gasteiger partial charge in [0.15, 0.2) is 5.76 Å². The van der Waals surface area contributed by atoms with Gasteiger partial charge < -0.3 is 4.42 Å². The Morgan fingerprint density at radius 1 is 0.727 bits per heavy atom. The number of hydrogen-bond acceptors (Lipinski definition) is 5. The van der Waals surface area contributed by atoms with Crippen LogP contribution >= 0.6 is 11.3 Å². The number of aromatic nitrogens is 4. The highest BCUT2D eigenvalue weighted by molar-refractivity contribution is 7.13. The second-order valence-electron chi connectivity index (χ2n) is 7.86. The van der Waals surface area contributed by atoms with Crippen LogP contribution in [0, 0.1) is 0 Å². The molecule has 6 heteroatoms. The molecule has 5 nitrogen and oxygen atoms in total. The topological polar surface area (TPSA) is 56.7 Å². The van der Waals surface area contributed by atoms with Crippen molar-refractivity contribution < 1.29 is 4.42 Å². The standard InChI is InChI=1S/C27H16N4OS/c1-2-8-18(9-3-1)31-16-21-25(28-29-27(26(21)30-31)24-11-6-14-33-24)23-15-20-19-10-5-4-7-17(19)12-13-22(20)32-23/h1-16H. The summed E-state index contributed by atoms with van der Waals surface area (Å²) < 4.78 is 8.16. The van der Waals surface area contributed by atoms with Crippen LogP contribution in [0.1, 0.15) is 0 Å². The summed E-state index contributed by atoms with van der Waals surface area (Å²) in [4.78, 5) is 1.04. The average molecular weight is 445 g/mol. The number of hydrogen-bond donors (Lipinski definition) is 0. The van der Waals surface area contributed by atoms with E-state index in [9.17, 15) is 0 Å². The number of rotatable bonds is 3. The molecular weight excluding hydrogens is 428 g/mol. The van der Waals surface area contributed by atoms with E-state index < -0.39 is 0 Å². The predicted molar refractivity (Wildman–Crippen MR) is 133 cm³/mol. The molecule has 0 spiro atoms. The lowest BCUT2D eigenvalue weighted by Crippen LogP contribution is -1.94. The summed E-state index contributed by atoms with van der Waals surface area (Å²) >= 11 is 1.63. The Morgan fingerprint density at radius 3 is 2.45 bits per heavy atom. The smallest absolute Gasteiger partial charge is 0.156 e. The lowest BCUT2D eigenvalue weighted by Gasteiger charge is -2.01. The van der Waals surface area contributed by atoms with Crippen LogP contribution < -0.4 is 0 Å². The van der Waals surface area contributed by atoms with Gasteiger partial charge in [-0.25, -0.2) is 4.68 Å². The van der Waals surface area contributed by atoms with Crippen molar-refractivity contribution in [3.05, 3.63) is 96.5 Å². The number of benzene rings is 3. The largest absolute Gasteiger partial charge is 0.454 e. The molecule has 0 bridgehead atoms. The quantitative estimate of drug-likeness (QED) is 0.291. The normalized spacial score (nSPS) is 11.6. The number of para-hydroxylation sites is 1. The first-order valence-corrected chi connectivity index (χ1v) is 11.5. The maximum atomic E-state index is 6.28. The molecule has 0 saturated carbocycles. The van der Waals surface area contributed by atoms with Crippen LogP contribution in [0.15, 0.2) is 101 Å². The molecule has 156 valence electrons. The van der Waals surface area contributed by atoms with E-state index in [1.165, 1.54) is 5.39 Å². The van der Waals surface area contributed by atoms with Crippen LogP contribution in [-0.4, -0.2) is 20.0 Å². The number of fused-ring (bicyclic) bond motifs is 4. The van der Waals surface area contributed by atoms with Crippen LogP contribution in [0.4, 0.5) is 0 Å². The van der Waals surface area contributed by atoms with Gasteiger partial charge in [-0.3, -0.25) is 0 Å². The van der Waals surface area contributed by atoms with E-state index in [2.05, 4.69) is 34.5 Å². The highest BCUT2D eigenvalue weighted by atomic mass is 32.1. The second kappa shape index (κ2) is 7.12. The van der Waals surface area contributed by atoms with E-state index in [4.69, 9.17) is 9.52 Å². The Labute approximate surface area is 192 Å². The first kappa shape index (κ1) is 18.3. The molecule has 0 aliphatic heterocycles. The van der Waals surface area contributed by atoms with Gasteiger partial charge in [0.25, 0.3) is 0 Å². The second-order valence-corrected chi connectivity index (χ2v) is 8.80. The fraction of sp³-hybridized carbons (Fsp3) is 0. The molecule has 0 atom stereocenters. The molecule has 33 heavy (non-hydrogen) atoms. The maximum absolute atomic E-state index is 6.28. The van der Waals surface area contributed by atoms with Crippen molar-refractivity contribution in [2.45, 2.75) is 0 Å². The number of nitrogens with zero attached hydrogens (tertiary/aromatic N) is 4. The third kappa shape index (κ3) is 2.88. The van der Waals surface area contributed by atoms with Crippen molar-refractivity contribution in [1.82, 2.24) is 20.0 Å². The average Bonchev–Trinajstić information content (AvgIpc) is 3.63. The minimum Gasteiger partial charge on any atom is -0.454 e. The van der Waals surface area contributed by atoms with Gasteiger partial charge >= 0.3 is 0 Å². The Kier molecular flexibility index (Phi) is 3.95. The molecule has 0 aliphatic rings. The molecule has 0 saturated heterocycles. The zero-order valence-electron chi connectivity index (χ0n) is 17.3. The predicted octanol–water partition coefficient (Wildman–Crippen LogP) is 7.11. The third-order valence-corrected chi connectivity index (χ3v) is 6.75. The van der Waals surface area contributed by atoms with Crippen molar-refractivity contribution in [2.75, 3.05) is 0 Å². The van der Waals surface area contributed by atoms with Gasteiger partial charge in [-0.1, -0.05) is 54.6 Å². The fourth-order valence-corrected chi connectivity index (χ4v) is 5.02. The van der Waals surface area contributed by atoms with E-state index in [-0.39, 0.29) is 0 Å². The highest BCUT2D eigenvalue weighted by Crippen LogP contribution is 2.37. The molecule has 0 amide bonds. The lowest BCUT2D eigenvalue weighted by atomic mass is 10.1. The van der Waals surface area contributed by atoms with Gasteiger partial charge in [0, 0.05) is 11.6 Å². The minimum atomic E-state index is 0.684. The molecule has 0 unspecified atom stereocenters. The van der Waals surface area contributed by atoms with Crippen molar-refractivity contribution in [3.8, 4) is 27.7 Å². The molecule has 0 fully saturated rings.